The van der Waals surface area contributed by atoms with Crippen LogP contribution in [-0.4, -0.2) is 18.2 Å². The quantitative estimate of drug-likeness (QED) is 0.862. The highest BCUT2D eigenvalue weighted by molar-refractivity contribution is 5.74. The highest BCUT2D eigenvalue weighted by Gasteiger charge is 2.23. The first-order chi connectivity index (χ1) is 12.2. The van der Waals surface area contributed by atoms with Crippen molar-refractivity contribution in [1.82, 2.24) is 10.6 Å². The summed E-state index contributed by atoms with van der Waals surface area (Å²) in [5.41, 5.74) is 1.08. The van der Waals surface area contributed by atoms with Crippen LogP contribution in [0.1, 0.15) is 31.2 Å². The molecule has 0 bridgehead atoms. The maximum atomic E-state index is 12.9. The Kier molecular flexibility index (Phi) is 5.88. The van der Waals surface area contributed by atoms with Crippen LogP contribution < -0.4 is 15.4 Å². The molecule has 2 N–H and O–H groups in total. The lowest BCUT2D eigenvalue weighted by Crippen LogP contribution is -2.44. The number of hydrogen-bond donors (Lipinski definition) is 2. The fourth-order valence-corrected chi connectivity index (χ4v) is 3.05. The molecule has 2 amide bonds. The Bertz CT molecular complexity index is 668. The molecule has 0 heterocycles. The molecule has 0 saturated heterocycles. The third kappa shape index (κ3) is 5.48. The lowest BCUT2D eigenvalue weighted by molar-refractivity contribution is 0.140. The van der Waals surface area contributed by atoms with Crippen molar-refractivity contribution >= 4 is 6.03 Å². The summed E-state index contributed by atoms with van der Waals surface area (Å²) < 4.78 is 18.8. The average Bonchev–Trinajstić information content (AvgIpc) is 2.64. The normalized spacial score (nSPS) is 19.9. The van der Waals surface area contributed by atoms with E-state index in [-0.39, 0.29) is 24.0 Å². The van der Waals surface area contributed by atoms with Crippen molar-refractivity contribution in [3.05, 3.63) is 66.0 Å². The molecule has 2 aromatic rings. The molecule has 1 fully saturated rings. The van der Waals surface area contributed by atoms with E-state index in [2.05, 4.69) is 10.6 Å². The first-order valence-electron chi connectivity index (χ1n) is 8.69. The zero-order chi connectivity index (χ0) is 17.5. The monoisotopic (exact) mass is 342 g/mol. The van der Waals surface area contributed by atoms with Crippen LogP contribution in [-0.2, 0) is 6.54 Å². The van der Waals surface area contributed by atoms with Crippen molar-refractivity contribution < 1.29 is 13.9 Å². The van der Waals surface area contributed by atoms with Gasteiger partial charge < -0.3 is 15.4 Å². The summed E-state index contributed by atoms with van der Waals surface area (Å²) in [7, 11) is 0. The third-order valence-electron chi connectivity index (χ3n) is 4.42. The first-order valence-corrected chi connectivity index (χ1v) is 8.69. The predicted molar refractivity (Wildman–Crippen MR) is 94.9 cm³/mol. The molecular formula is C20H23FN2O2. The average molecular weight is 342 g/mol. The molecule has 0 atom stereocenters. The molecule has 0 unspecified atom stereocenters. The Morgan fingerprint density at radius 2 is 1.68 bits per heavy atom. The van der Waals surface area contributed by atoms with Gasteiger partial charge in [0.15, 0.2) is 0 Å². The van der Waals surface area contributed by atoms with Gasteiger partial charge in [0.2, 0.25) is 0 Å². The largest absolute Gasteiger partial charge is 0.490 e. The number of ether oxygens (including phenoxy) is 1. The molecule has 1 aliphatic carbocycles. The van der Waals surface area contributed by atoms with Gasteiger partial charge in [0.1, 0.15) is 11.6 Å². The molecule has 4 nitrogen and oxygen atoms in total. The topological polar surface area (TPSA) is 50.4 Å². The van der Waals surface area contributed by atoms with E-state index >= 15 is 0 Å². The van der Waals surface area contributed by atoms with E-state index in [1.54, 1.807) is 12.1 Å². The fraction of sp³-hybridized carbons (Fsp3) is 0.350. The van der Waals surface area contributed by atoms with Gasteiger partial charge in [-0.15, -0.1) is 0 Å². The highest BCUT2D eigenvalue weighted by atomic mass is 19.1. The minimum Gasteiger partial charge on any atom is -0.490 e. The van der Waals surface area contributed by atoms with E-state index in [9.17, 15) is 9.18 Å². The molecule has 0 radical (unpaired) electrons. The zero-order valence-corrected chi connectivity index (χ0v) is 14.1. The molecule has 0 aliphatic heterocycles. The summed E-state index contributed by atoms with van der Waals surface area (Å²) in [4.78, 5) is 12.0. The van der Waals surface area contributed by atoms with Gasteiger partial charge in [-0.3, -0.25) is 0 Å². The summed E-state index contributed by atoms with van der Waals surface area (Å²) in [6, 6.07) is 16.0. The van der Waals surface area contributed by atoms with Crippen LogP contribution in [0.4, 0.5) is 9.18 Å². The van der Waals surface area contributed by atoms with Crippen LogP contribution in [0.5, 0.6) is 5.75 Å². The molecule has 2 aromatic carbocycles. The van der Waals surface area contributed by atoms with Gasteiger partial charge in [-0.05, 0) is 55.5 Å². The lowest BCUT2D eigenvalue weighted by Gasteiger charge is -2.29. The van der Waals surface area contributed by atoms with Crippen LogP contribution in [0.3, 0.4) is 0 Å². The number of benzene rings is 2. The van der Waals surface area contributed by atoms with Crippen LogP contribution in [0.15, 0.2) is 54.6 Å². The maximum absolute atomic E-state index is 12.9. The SMILES string of the molecule is O=C(NCc1ccccc1)N[C@H]1CC[C@@H](Oc2ccc(F)cc2)CC1. The second-order valence-corrected chi connectivity index (χ2v) is 6.36. The summed E-state index contributed by atoms with van der Waals surface area (Å²) in [5, 5.41) is 5.91. The number of hydrogen-bond acceptors (Lipinski definition) is 2. The number of carbonyl (C=O) groups is 1. The molecule has 0 spiro atoms. The van der Waals surface area contributed by atoms with Crippen LogP contribution >= 0.6 is 0 Å². The fourth-order valence-electron chi connectivity index (χ4n) is 3.05. The van der Waals surface area contributed by atoms with Gasteiger partial charge >= 0.3 is 6.03 Å². The molecule has 132 valence electrons. The van der Waals surface area contributed by atoms with Gasteiger partial charge in [0.05, 0.1) is 6.10 Å². The number of urea groups is 1. The van der Waals surface area contributed by atoms with E-state index < -0.39 is 0 Å². The summed E-state index contributed by atoms with van der Waals surface area (Å²) in [5.74, 6) is 0.431. The molecule has 1 aliphatic rings. The summed E-state index contributed by atoms with van der Waals surface area (Å²) in [6.45, 7) is 0.524. The van der Waals surface area contributed by atoms with Crippen LogP contribution in [0, 0.1) is 5.82 Å². The Labute approximate surface area is 147 Å². The Hall–Kier alpha value is -2.56. The van der Waals surface area contributed by atoms with E-state index in [1.807, 2.05) is 30.3 Å². The predicted octanol–water partition coefficient (Wildman–Crippen LogP) is 4.02. The maximum Gasteiger partial charge on any atom is 0.315 e. The van der Waals surface area contributed by atoms with Gasteiger partial charge in [0, 0.05) is 12.6 Å². The van der Waals surface area contributed by atoms with Gasteiger partial charge in [-0.1, -0.05) is 30.3 Å². The van der Waals surface area contributed by atoms with Crippen LogP contribution in [0.25, 0.3) is 0 Å². The second-order valence-electron chi connectivity index (χ2n) is 6.36. The standard InChI is InChI=1S/C20H23FN2O2/c21-16-6-10-18(11-7-16)25-19-12-8-17(9-13-19)23-20(24)22-14-15-4-2-1-3-5-15/h1-7,10-11,17,19H,8-9,12-14H2,(H2,22,23,24)/t17-,19+. The molecule has 5 heteroatoms. The number of nitrogens with one attached hydrogen (secondary N) is 2. The van der Waals surface area contributed by atoms with Crippen molar-refractivity contribution in [2.24, 2.45) is 0 Å². The molecule has 1 saturated carbocycles. The highest BCUT2D eigenvalue weighted by Crippen LogP contribution is 2.24. The number of halogens is 1. The number of amides is 2. The van der Waals surface area contributed by atoms with Crippen molar-refractivity contribution in [2.75, 3.05) is 0 Å². The van der Waals surface area contributed by atoms with Crippen molar-refractivity contribution in [3.8, 4) is 5.75 Å². The van der Waals surface area contributed by atoms with E-state index in [0.29, 0.717) is 12.3 Å². The third-order valence-corrected chi connectivity index (χ3v) is 4.42. The van der Waals surface area contributed by atoms with Gasteiger partial charge in [-0.25, -0.2) is 9.18 Å². The van der Waals surface area contributed by atoms with Gasteiger partial charge in [0.25, 0.3) is 0 Å². The summed E-state index contributed by atoms with van der Waals surface area (Å²) in [6.07, 6.45) is 3.63. The Morgan fingerprint density at radius 3 is 2.36 bits per heavy atom. The molecule has 0 aromatic heterocycles. The van der Waals surface area contributed by atoms with E-state index in [1.165, 1.54) is 12.1 Å². The van der Waals surface area contributed by atoms with E-state index in [4.69, 9.17) is 4.74 Å². The van der Waals surface area contributed by atoms with Gasteiger partial charge in [-0.2, -0.15) is 0 Å². The van der Waals surface area contributed by atoms with Crippen molar-refractivity contribution in [2.45, 2.75) is 44.4 Å². The Balaban J connectivity index is 1.37. The minimum absolute atomic E-state index is 0.121. The minimum atomic E-state index is -0.262. The number of rotatable bonds is 5. The second kappa shape index (κ2) is 8.51. The number of carbonyl (C=O) groups excluding carboxylic acids is 1. The van der Waals surface area contributed by atoms with Crippen molar-refractivity contribution in [3.63, 3.8) is 0 Å². The molecule has 3 rings (SSSR count). The molecular weight excluding hydrogens is 319 g/mol. The Morgan fingerprint density at radius 1 is 1.00 bits per heavy atom. The molecule has 25 heavy (non-hydrogen) atoms. The zero-order valence-electron chi connectivity index (χ0n) is 14.1. The lowest BCUT2D eigenvalue weighted by atomic mass is 9.93. The first kappa shape index (κ1) is 17.3. The van der Waals surface area contributed by atoms with Crippen LogP contribution in [0.2, 0.25) is 0 Å². The van der Waals surface area contributed by atoms with E-state index in [0.717, 1.165) is 31.2 Å². The smallest absolute Gasteiger partial charge is 0.315 e. The van der Waals surface area contributed by atoms with Crippen molar-refractivity contribution in [1.29, 1.82) is 0 Å². The summed E-state index contributed by atoms with van der Waals surface area (Å²) >= 11 is 0.